The van der Waals surface area contributed by atoms with Crippen LogP contribution in [0.1, 0.15) is 30.4 Å². The number of halogens is 1. The molecular weight excluding hydrogens is 274 g/mol. The number of rotatable bonds is 3. The van der Waals surface area contributed by atoms with Gasteiger partial charge in [-0.3, -0.25) is 0 Å². The van der Waals surface area contributed by atoms with Crippen molar-refractivity contribution >= 4 is 12.4 Å². The van der Waals surface area contributed by atoms with Gasteiger partial charge in [0.2, 0.25) is 0 Å². The molecule has 0 N–H and O–H groups in total. The van der Waals surface area contributed by atoms with Gasteiger partial charge in [-0.15, -0.1) is 12.4 Å². The second-order valence-corrected chi connectivity index (χ2v) is 5.63. The lowest BCUT2D eigenvalue weighted by Gasteiger charge is -2.29. The fraction of sp³-hybridized carbons (Fsp3) is 0.625. The second kappa shape index (κ2) is 6.23. The first-order valence-electron chi connectivity index (χ1n) is 7.24. The van der Waals surface area contributed by atoms with E-state index in [0.717, 1.165) is 30.4 Å². The summed E-state index contributed by atoms with van der Waals surface area (Å²) in [5.74, 6) is 3.33. The first-order chi connectivity index (χ1) is 9.28. The molecule has 112 valence electrons. The summed E-state index contributed by atoms with van der Waals surface area (Å²) in [5, 5.41) is 0. The topological polar surface area (TPSA) is 21.7 Å². The number of nitrogens with zero attached hydrogens (tertiary/aromatic N) is 1. The molecule has 1 saturated heterocycles. The molecule has 3 rings (SSSR count). The van der Waals surface area contributed by atoms with Gasteiger partial charge in [-0.25, -0.2) is 0 Å². The van der Waals surface area contributed by atoms with Crippen LogP contribution in [0.3, 0.4) is 0 Å². The second-order valence-electron chi connectivity index (χ2n) is 5.63. The van der Waals surface area contributed by atoms with Gasteiger partial charge in [0.1, 0.15) is 0 Å². The number of methoxy groups -OCH3 is 2. The molecule has 1 aliphatic carbocycles. The third-order valence-electron chi connectivity index (χ3n) is 4.81. The average Bonchev–Trinajstić information content (AvgIpc) is 2.89. The zero-order valence-electron chi connectivity index (χ0n) is 12.5. The number of hydrogen-bond donors (Lipinski definition) is 0. The number of benzene rings is 1. The van der Waals surface area contributed by atoms with E-state index in [2.05, 4.69) is 24.0 Å². The molecule has 0 saturated carbocycles. The fourth-order valence-corrected chi connectivity index (χ4v) is 3.80. The first-order valence-corrected chi connectivity index (χ1v) is 7.24. The van der Waals surface area contributed by atoms with Crippen molar-refractivity contribution in [3.8, 4) is 11.5 Å². The molecule has 1 heterocycles. The molecule has 0 spiro atoms. The van der Waals surface area contributed by atoms with Crippen molar-refractivity contribution in [2.45, 2.75) is 25.7 Å². The molecule has 1 fully saturated rings. The van der Waals surface area contributed by atoms with Gasteiger partial charge in [-0.2, -0.15) is 0 Å². The molecule has 0 radical (unpaired) electrons. The standard InChI is InChI=1S/C16H23NO2.ClH/c1-4-17-9-11-5-6-13-12(14(11)10-17)7-8-15(18-2)16(13)19-3;/h7-8,11,14H,4-6,9-10H2,1-3H3;1H/t11-,14-;/m1./s1. The van der Waals surface area contributed by atoms with Gasteiger partial charge < -0.3 is 14.4 Å². The summed E-state index contributed by atoms with van der Waals surface area (Å²) < 4.78 is 11.0. The lowest BCUT2D eigenvalue weighted by molar-refractivity contribution is 0.335. The smallest absolute Gasteiger partial charge is 0.164 e. The Balaban J connectivity index is 0.00000147. The number of likely N-dealkylation sites (N-methyl/N-ethyl adjacent to an activating group) is 1. The molecule has 4 heteroatoms. The molecule has 3 nitrogen and oxygen atoms in total. The van der Waals surface area contributed by atoms with E-state index in [0.29, 0.717) is 5.92 Å². The largest absolute Gasteiger partial charge is 0.493 e. The minimum absolute atomic E-state index is 0. The third-order valence-corrected chi connectivity index (χ3v) is 4.81. The molecule has 0 bridgehead atoms. The average molecular weight is 298 g/mol. The minimum atomic E-state index is 0. The van der Waals surface area contributed by atoms with Crippen molar-refractivity contribution in [1.82, 2.24) is 4.90 Å². The van der Waals surface area contributed by atoms with Crippen LogP contribution in [0.4, 0.5) is 0 Å². The Bertz CT molecular complexity index is 478. The number of fused-ring (bicyclic) bond motifs is 3. The molecule has 0 aromatic heterocycles. The minimum Gasteiger partial charge on any atom is -0.493 e. The van der Waals surface area contributed by atoms with Crippen LogP contribution in [0.15, 0.2) is 12.1 Å². The van der Waals surface area contributed by atoms with Crippen LogP contribution in [0.2, 0.25) is 0 Å². The van der Waals surface area contributed by atoms with E-state index in [1.54, 1.807) is 14.2 Å². The lowest BCUT2D eigenvalue weighted by Crippen LogP contribution is -2.20. The number of ether oxygens (including phenoxy) is 2. The van der Waals surface area contributed by atoms with E-state index < -0.39 is 0 Å². The summed E-state index contributed by atoms with van der Waals surface area (Å²) in [4.78, 5) is 2.57. The van der Waals surface area contributed by atoms with Crippen LogP contribution in [0.25, 0.3) is 0 Å². The van der Waals surface area contributed by atoms with Gasteiger partial charge in [0.25, 0.3) is 0 Å². The van der Waals surface area contributed by atoms with Crippen LogP contribution >= 0.6 is 12.4 Å². The third kappa shape index (κ3) is 2.38. The number of hydrogen-bond acceptors (Lipinski definition) is 3. The van der Waals surface area contributed by atoms with Gasteiger partial charge in [-0.05, 0) is 36.9 Å². The Kier molecular flexibility index (Phi) is 4.82. The zero-order chi connectivity index (χ0) is 13.4. The summed E-state index contributed by atoms with van der Waals surface area (Å²) in [7, 11) is 3.46. The molecular formula is C16H24ClNO2. The Morgan fingerprint density at radius 3 is 2.65 bits per heavy atom. The van der Waals surface area contributed by atoms with E-state index in [1.165, 1.54) is 30.6 Å². The van der Waals surface area contributed by atoms with Gasteiger partial charge in [0.15, 0.2) is 11.5 Å². The van der Waals surface area contributed by atoms with Gasteiger partial charge in [-0.1, -0.05) is 13.0 Å². The maximum absolute atomic E-state index is 5.60. The van der Waals surface area contributed by atoms with E-state index >= 15 is 0 Å². The summed E-state index contributed by atoms with van der Waals surface area (Å²) in [6.07, 6.45) is 2.39. The van der Waals surface area contributed by atoms with Crippen molar-refractivity contribution in [3.05, 3.63) is 23.3 Å². The van der Waals surface area contributed by atoms with E-state index in [-0.39, 0.29) is 12.4 Å². The highest BCUT2D eigenvalue weighted by Gasteiger charge is 2.38. The van der Waals surface area contributed by atoms with Crippen LogP contribution in [0.5, 0.6) is 11.5 Å². The van der Waals surface area contributed by atoms with Crippen LogP contribution in [-0.4, -0.2) is 38.8 Å². The molecule has 1 aromatic carbocycles. The normalized spacial score (nSPS) is 24.6. The molecule has 20 heavy (non-hydrogen) atoms. The zero-order valence-corrected chi connectivity index (χ0v) is 13.3. The molecule has 2 atom stereocenters. The maximum atomic E-state index is 5.60. The molecule has 1 aliphatic heterocycles. The van der Waals surface area contributed by atoms with Crippen molar-refractivity contribution in [2.24, 2.45) is 5.92 Å². The molecule has 2 aliphatic rings. The van der Waals surface area contributed by atoms with Gasteiger partial charge >= 0.3 is 0 Å². The van der Waals surface area contributed by atoms with Crippen molar-refractivity contribution in [3.63, 3.8) is 0 Å². The first kappa shape index (κ1) is 15.5. The van der Waals surface area contributed by atoms with Crippen LogP contribution in [-0.2, 0) is 6.42 Å². The van der Waals surface area contributed by atoms with Gasteiger partial charge in [0.05, 0.1) is 14.2 Å². The summed E-state index contributed by atoms with van der Waals surface area (Å²) in [5.41, 5.74) is 2.87. The highest BCUT2D eigenvalue weighted by molar-refractivity contribution is 5.85. The predicted molar refractivity (Wildman–Crippen MR) is 83.5 cm³/mol. The SMILES string of the molecule is CCN1C[C@H]2CCc3c(ccc(OC)c3OC)[C@@H]2C1.Cl. The Morgan fingerprint density at radius 2 is 2.00 bits per heavy atom. The van der Waals surface area contributed by atoms with E-state index in [1.807, 2.05) is 0 Å². The van der Waals surface area contributed by atoms with Crippen molar-refractivity contribution in [1.29, 1.82) is 0 Å². The van der Waals surface area contributed by atoms with E-state index in [9.17, 15) is 0 Å². The lowest BCUT2D eigenvalue weighted by atomic mass is 9.76. The van der Waals surface area contributed by atoms with Crippen LogP contribution < -0.4 is 9.47 Å². The highest BCUT2D eigenvalue weighted by Crippen LogP contribution is 2.46. The molecule has 0 unspecified atom stereocenters. The quantitative estimate of drug-likeness (QED) is 0.856. The maximum Gasteiger partial charge on any atom is 0.164 e. The molecule has 1 aromatic rings. The van der Waals surface area contributed by atoms with Crippen molar-refractivity contribution in [2.75, 3.05) is 33.9 Å². The molecule has 0 amide bonds. The number of likely N-dealkylation sites (tertiary alicyclic amines) is 1. The summed E-state index contributed by atoms with van der Waals surface area (Å²) >= 11 is 0. The van der Waals surface area contributed by atoms with E-state index in [4.69, 9.17) is 9.47 Å². The fourth-order valence-electron chi connectivity index (χ4n) is 3.80. The monoisotopic (exact) mass is 297 g/mol. The van der Waals surface area contributed by atoms with Crippen molar-refractivity contribution < 1.29 is 9.47 Å². The predicted octanol–water partition coefficient (Wildman–Crippen LogP) is 3.11. The summed E-state index contributed by atoms with van der Waals surface area (Å²) in [6.45, 7) is 5.88. The Morgan fingerprint density at radius 1 is 1.20 bits per heavy atom. The summed E-state index contributed by atoms with van der Waals surface area (Å²) in [6, 6.07) is 4.32. The highest BCUT2D eigenvalue weighted by atomic mass is 35.5. The Labute approximate surface area is 127 Å². The van der Waals surface area contributed by atoms with Gasteiger partial charge in [0, 0.05) is 24.6 Å². The Hall–Kier alpha value is -0.930. The van der Waals surface area contributed by atoms with Crippen LogP contribution in [0, 0.1) is 5.92 Å².